The molecule has 55 heavy (non-hydrogen) atoms. The Morgan fingerprint density at radius 2 is 1.18 bits per heavy atom. The second-order valence-electron chi connectivity index (χ2n) is 16.2. The van der Waals surface area contributed by atoms with Gasteiger partial charge in [0.2, 0.25) is 5.91 Å². The first-order valence-electron chi connectivity index (χ1n) is 22.6. The highest BCUT2D eigenvalue weighted by molar-refractivity contribution is 5.80. The molecule has 0 saturated carbocycles. The van der Waals surface area contributed by atoms with Crippen LogP contribution in [0.4, 0.5) is 0 Å². The van der Waals surface area contributed by atoms with Gasteiger partial charge in [-0.25, -0.2) is 0 Å². The van der Waals surface area contributed by atoms with Crippen LogP contribution in [0.5, 0.6) is 0 Å². The molecule has 10 nitrogen and oxygen atoms in total. The van der Waals surface area contributed by atoms with E-state index in [0.717, 1.165) is 32.1 Å². The second kappa shape index (κ2) is 34.7. The summed E-state index contributed by atoms with van der Waals surface area (Å²) in [5.41, 5.74) is 1.36. The zero-order chi connectivity index (χ0) is 40.5. The molecule has 0 bridgehead atoms. The van der Waals surface area contributed by atoms with E-state index in [4.69, 9.17) is 9.47 Å². The van der Waals surface area contributed by atoms with E-state index in [1.807, 2.05) is 6.08 Å². The fraction of sp³-hybridized carbons (Fsp3) is 0.889. The number of allylic oxidation sites excluding steroid dienone is 3. The van der Waals surface area contributed by atoms with Crippen LogP contribution in [0.2, 0.25) is 0 Å². The molecule has 0 unspecified atom stereocenters. The van der Waals surface area contributed by atoms with Gasteiger partial charge in [-0.3, -0.25) is 4.79 Å². The van der Waals surface area contributed by atoms with E-state index < -0.39 is 61.5 Å². The lowest BCUT2D eigenvalue weighted by atomic mass is 9.99. The Balaban J connectivity index is 2.50. The zero-order valence-electron chi connectivity index (χ0n) is 35.3. The summed E-state index contributed by atoms with van der Waals surface area (Å²) in [6, 6.07) is -0.994. The molecule has 7 N–H and O–H groups in total. The number of hydrogen-bond donors (Lipinski definition) is 7. The number of ether oxygens (including phenoxy) is 2. The smallest absolute Gasteiger partial charge is 0.249 e. The number of hydrogen-bond acceptors (Lipinski definition) is 9. The molecule has 10 heteroatoms. The predicted octanol–water partition coefficient (Wildman–Crippen LogP) is 8.08. The topological polar surface area (TPSA) is 169 Å². The molecule has 0 aromatic heterocycles. The van der Waals surface area contributed by atoms with Crippen molar-refractivity contribution in [3.8, 4) is 0 Å². The van der Waals surface area contributed by atoms with Gasteiger partial charge in [-0.1, -0.05) is 179 Å². The van der Waals surface area contributed by atoms with Crippen LogP contribution < -0.4 is 5.32 Å². The van der Waals surface area contributed by atoms with E-state index in [2.05, 4.69) is 32.2 Å². The normalized spacial score (nSPS) is 22.3. The number of carbonyl (C=O) groups excluding carboxylic acids is 1. The highest BCUT2D eigenvalue weighted by Gasteiger charge is 2.44. The van der Waals surface area contributed by atoms with Crippen LogP contribution in [0.15, 0.2) is 23.8 Å². The summed E-state index contributed by atoms with van der Waals surface area (Å²) in [4.78, 5) is 13.0. The lowest BCUT2D eigenvalue weighted by Crippen LogP contribution is -2.60. The van der Waals surface area contributed by atoms with Crippen LogP contribution in [-0.4, -0.2) is 98.7 Å². The molecular formula is C45H85NO9. The minimum Gasteiger partial charge on any atom is -0.394 e. The number of unbranched alkanes of at least 4 members (excludes halogenated alkanes) is 22. The summed E-state index contributed by atoms with van der Waals surface area (Å²) in [7, 11) is 0. The van der Waals surface area contributed by atoms with Crippen molar-refractivity contribution in [1.29, 1.82) is 0 Å². The van der Waals surface area contributed by atoms with Crippen molar-refractivity contribution in [2.24, 2.45) is 0 Å². The maximum Gasteiger partial charge on any atom is 0.249 e. The van der Waals surface area contributed by atoms with Crippen molar-refractivity contribution in [2.45, 2.75) is 243 Å². The fourth-order valence-corrected chi connectivity index (χ4v) is 7.18. The van der Waals surface area contributed by atoms with Crippen molar-refractivity contribution >= 4 is 5.91 Å². The first-order valence-corrected chi connectivity index (χ1v) is 22.6. The summed E-state index contributed by atoms with van der Waals surface area (Å²) < 4.78 is 11.1. The summed E-state index contributed by atoms with van der Waals surface area (Å²) in [6.45, 7) is 5.73. The molecule has 0 aliphatic carbocycles. The van der Waals surface area contributed by atoms with E-state index in [-0.39, 0.29) is 6.61 Å². The van der Waals surface area contributed by atoms with Crippen LogP contribution in [0.1, 0.15) is 194 Å². The van der Waals surface area contributed by atoms with Crippen LogP contribution in [0, 0.1) is 0 Å². The maximum atomic E-state index is 13.0. The van der Waals surface area contributed by atoms with Crippen molar-refractivity contribution in [3.63, 3.8) is 0 Å². The number of rotatable bonds is 36. The SMILES string of the molecule is CCCCCCCCCCCCCCCCCC[C@H](O)C(=O)N[C@H](CO[C@@H]1O[C@H](CO)[C@@H](O)[C@H](O)[C@H]1O)[C@@H](O)/C=C/CC/C=C(\C)CCCCCCCCC. The third-order valence-electron chi connectivity index (χ3n) is 11.0. The predicted molar refractivity (Wildman–Crippen MR) is 223 cm³/mol. The molecule has 1 rings (SSSR count). The first kappa shape index (κ1) is 51.6. The summed E-state index contributed by atoms with van der Waals surface area (Å²) in [5.74, 6) is -0.625. The van der Waals surface area contributed by atoms with Crippen molar-refractivity contribution in [2.75, 3.05) is 13.2 Å². The van der Waals surface area contributed by atoms with Gasteiger partial charge in [0.1, 0.15) is 30.5 Å². The lowest BCUT2D eigenvalue weighted by Gasteiger charge is -2.40. The largest absolute Gasteiger partial charge is 0.394 e. The molecule has 0 aromatic rings. The zero-order valence-corrected chi connectivity index (χ0v) is 35.3. The Morgan fingerprint density at radius 3 is 1.69 bits per heavy atom. The first-order chi connectivity index (χ1) is 26.7. The Hall–Kier alpha value is -1.37. The third-order valence-corrected chi connectivity index (χ3v) is 11.0. The minimum atomic E-state index is -1.61. The Kier molecular flexibility index (Phi) is 32.5. The highest BCUT2D eigenvalue weighted by Crippen LogP contribution is 2.23. The maximum absolute atomic E-state index is 13.0. The number of aliphatic hydroxyl groups excluding tert-OH is 6. The van der Waals surface area contributed by atoms with Crippen LogP contribution in [0.25, 0.3) is 0 Å². The Labute approximate surface area is 335 Å². The average Bonchev–Trinajstić information content (AvgIpc) is 3.18. The molecule has 1 saturated heterocycles. The monoisotopic (exact) mass is 784 g/mol. The van der Waals surface area contributed by atoms with Gasteiger partial charge in [-0.05, 0) is 39.0 Å². The fourth-order valence-electron chi connectivity index (χ4n) is 7.18. The third kappa shape index (κ3) is 25.6. The van der Waals surface area contributed by atoms with E-state index in [9.17, 15) is 35.4 Å². The summed E-state index contributed by atoms with van der Waals surface area (Å²) in [5, 5.41) is 64.7. The van der Waals surface area contributed by atoms with Gasteiger partial charge in [-0.2, -0.15) is 0 Å². The Bertz CT molecular complexity index is 961. The second-order valence-corrected chi connectivity index (χ2v) is 16.2. The van der Waals surface area contributed by atoms with Crippen molar-refractivity contribution < 1.29 is 44.9 Å². The van der Waals surface area contributed by atoms with Gasteiger partial charge < -0.3 is 45.4 Å². The van der Waals surface area contributed by atoms with E-state index >= 15 is 0 Å². The number of nitrogens with one attached hydrogen (secondary N) is 1. The van der Waals surface area contributed by atoms with Gasteiger partial charge in [-0.15, -0.1) is 0 Å². The molecule has 8 atom stereocenters. The standard InChI is InChI=1S/C45H85NO9/c1-4-6-8-10-12-13-14-15-16-17-18-19-20-22-24-28-33-39(49)44(53)46-37(35-54-45-43(52)42(51)41(50)40(34-47)55-45)38(48)32-29-25-27-31-36(3)30-26-23-21-11-9-7-5-2/h29,31-32,37-43,45,47-52H,4-28,30,33-35H2,1-3H3,(H,46,53)/b32-29+,36-31+/t37-,38+,39+,40-,41-,42+,43-,45-/m1/s1. The van der Waals surface area contributed by atoms with Gasteiger partial charge in [0, 0.05) is 0 Å². The molecule has 0 aromatic carbocycles. The van der Waals surface area contributed by atoms with Crippen molar-refractivity contribution in [1.82, 2.24) is 5.32 Å². The molecule has 0 radical (unpaired) electrons. The van der Waals surface area contributed by atoms with Crippen LogP contribution in [0.3, 0.4) is 0 Å². The molecule has 1 aliphatic rings. The van der Waals surface area contributed by atoms with Gasteiger partial charge in [0.15, 0.2) is 6.29 Å². The molecular weight excluding hydrogens is 698 g/mol. The van der Waals surface area contributed by atoms with E-state index in [1.54, 1.807) is 6.08 Å². The van der Waals surface area contributed by atoms with E-state index in [0.29, 0.717) is 19.3 Å². The van der Waals surface area contributed by atoms with Crippen LogP contribution >= 0.6 is 0 Å². The Morgan fingerprint density at radius 1 is 0.691 bits per heavy atom. The minimum absolute atomic E-state index is 0.307. The average molecular weight is 784 g/mol. The molecule has 1 amide bonds. The van der Waals surface area contributed by atoms with Gasteiger partial charge in [0.05, 0.1) is 25.4 Å². The van der Waals surface area contributed by atoms with Crippen molar-refractivity contribution in [3.05, 3.63) is 23.8 Å². The summed E-state index contributed by atoms with van der Waals surface area (Å²) in [6.07, 6.45) is 27.7. The molecule has 1 aliphatic heterocycles. The molecule has 0 spiro atoms. The quantitative estimate of drug-likeness (QED) is 0.0245. The molecule has 324 valence electrons. The highest BCUT2D eigenvalue weighted by atomic mass is 16.7. The number of aliphatic hydroxyl groups is 6. The van der Waals surface area contributed by atoms with Gasteiger partial charge >= 0.3 is 0 Å². The lowest BCUT2D eigenvalue weighted by molar-refractivity contribution is -0.302. The summed E-state index contributed by atoms with van der Waals surface area (Å²) >= 11 is 0. The van der Waals surface area contributed by atoms with E-state index in [1.165, 1.54) is 128 Å². The molecule has 1 fully saturated rings. The number of amides is 1. The van der Waals surface area contributed by atoms with Gasteiger partial charge in [0.25, 0.3) is 0 Å². The molecule has 1 heterocycles. The van der Waals surface area contributed by atoms with Crippen LogP contribution in [-0.2, 0) is 14.3 Å². The number of carbonyl (C=O) groups is 1.